The molecule has 1 saturated heterocycles. The third-order valence-corrected chi connectivity index (χ3v) is 5.37. The molecule has 0 atom stereocenters. The quantitative estimate of drug-likeness (QED) is 0.846. The van der Waals surface area contributed by atoms with Gasteiger partial charge in [-0.25, -0.2) is 0 Å². The van der Waals surface area contributed by atoms with Crippen LogP contribution in [-0.4, -0.2) is 47.9 Å². The van der Waals surface area contributed by atoms with Crippen LogP contribution in [-0.2, 0) is 14.4 Å². The van der Waals surface area contributed by atoms with Crippen molar-refractivity contribution >= 4 is 35.0 Å². The SMILES string of the molecule is CC1(C)Oc2ccc(Cl)cc2N(CCC(=O)N2CCC(C(N)=O)CC2)C1=O. The van der Waals surface area contributed by atoms with Crippen LogP contribution in [0.1, 0.15) is 33.1 Å². The number of carbonyl (C=O) groups is 3. The van der Waals surface area contributed by atoms with Crippen LogP contribution in [0.2, 0.25) is 5.02 Å². The minimum Gasteiger partial charge on any atom is -0.476 e. The first-order valence-corrected chi connectivity index (χ1v) is 9.44. The normalized spacial score (nSPS) is 19.4. The fraction of sp³-hybridized carbons (Fsp3) is 0.526. The first-order chi connectivity index (χ1) is 12.7. The number of amides is 3. The summed E-state index contributed by atoms with van der Waals surface area (Å²) in [5.41, 5.74) is 4.90. The Labute approximate surface area is 163 Å². The van der Waals surface area contributed by atoms with Crippen LogP contribution < -0.4 is 15.4 Å². The molecule has 2 aliphatic rings. The monoisotopic (exact) mass is 393 g/mol. The summed E-state index contributed by atoms with van der Waals surface area (Å²) < 4.78 is 5.79. The third kappa shape index (κ3) is 4.03. The van der Waals surface area contributed by atoms with E-state index in [9.17, 15) is 14.4 Å². The summed E-state index contributed by atoms with van der Waals surface area (Å²) >= 11 is 6.08. The molecule has 1 aromatic rings. The van der Waals surface area contributed by atoms with Gasteiger partial charge in [-0.05, 0) is 44.9 Å². The van der Waals surface area contributed by atoms with Gasteiger partial charge in [-0.15, -0.1) is 0 Å². The highest BCUT2D eigenvalue weighted by atomic mass is 35.5. The number of halogens is 1. The highest BCUT2D eigenvalue weighted by Crippen LogP contribution is 2.39. The molecule has 27 heavy (non-hydrogen) atoms. The van der Waals surface area contributed by atoms with E-state index < -0.39 is 5.60 Å². The molecule has 3 rings (SSSR count). The molecule has 1 fully saturated rings. The van der Waals surface area contributed by atoms with Gasteiger partial charge in [0.1, 0.15) is 5.75 Å². The number of anilines is 1. The zero-order valence-electron chi connectivity index (χ0n) is 15.5. The van der Waals surface area contributed by atoms with Gasteiger partial charge in [-0.1, -0.05) is 11.6 Å². The van der Waals surface area contributed by atoms with Gasteiger partial charge < -0.3 is 20.3 Å². The van der Waals surface area contributed by atoms with E-state index in [1.165, 1.54) is 0 Å². The van der Waals surface area contributed by atoms with Crippen molar-refractivity contribution in [3.63, 3.8) is 0 Å². The molecule has 0 unspecified atom stereocenters. The minimum absolute atomic E-state index is 0.0430. The Morgan fingerprint density at radius 2 is 1.96 bits per heavy atom. The number of likely N-dealkylation sites (tertiary alicyclic amines) is 1. The number of nitrogens with two attached hydrogens (primary N) is 1. The molecule has 2 aliphatic heterocycles. The number of primary amides is 1. The van der Waals surface area contributed by atoms with Crippen LogP contribution in [0.3, 0.4) is 0 Å². The minimum atomic E-state index is -1.01. The lowest BCUT2D eigenvalue weighted by atomic mass is 9.96. The predicted molar refractivity (Wildman–Crippen MR) is 102 cm³/mol. The summed E-state index contributed by atoms with van der Waals surface area (Å²) in [6, 6.07) is 5.11. The highest BCUT2D eigenvalue weighted by Gasteiger charge is 2.41. The van der Waals surface area contributed by atoms with Crippen LogP contribution >= 0.6 is 11.6 Å². The van der Waals surface area contributed by atoms with Crippen molar-refractivity contribution in [2.75, 3.05) is 24.5 Å². The van der Waals surface area contributed by atoms with Gasteiger partial charge in [0, 0.05) is 37.0 Å². The molecule has 2 N–H and O–H groups in total. The molecule has 7 nitrogen and oxygen atoms in total. The maximum absolute atomic E-state index is 12.8. The fourth-order valence-corrected chi connectivity index (χ4v) is 3.71. The first kappa shape index (κ1) is 19.5. The van der Waals surface area contributed by atoms with Crippen LogP contribution in [0.4, 0.5) is 5.69 Å². The number of rotatable bonds is 4. The second kappa shape index (κ2) is 7.38. The van der Waals surface area contributed by atoms with E-state index >= 15 is 0 Å². The van der Waals surface area contributed by atoms with E-state index in [4.69, 9.17) is 22.1 Å². The molecule has 0 spiro atoms. The Morgan fingerprint density at radius 1 is 1.30 bits per heavy atom. The molecule has 0 aromatic heterocycles. The molecular formula is C19H24ClN3O4. The lowest BCUT2D eigenvalue weighted by molar-refractivity contribution is -0.135. The third-order valence-electron chi connectivity index (χ3n) is 5.14. The lowest BCUT2D eigenvalue weighted by Crippen LogP contribution is -2.53. The van der Waals surface area contributed by atoms with Crippen LogP contribution in [0.5, 0.6) is 5.75 Å². The predicted octanol–water partition coefficient (Wildman–Crippen LogP) is 1.96. The Balaban J connectivity index is 1.68. The van der Waals surface area contributed by atoms with Crippen LogP contribution in [0.25, 0.3) is 0 Å². The Kier molecular flexibility index (Phi) is 5.33. The summed E-state index contributed by atoms with van der Waals surface area (Å²) in [5.74, 6) is -0.156. The zero-order valence-corrected chi connectivity index (χ0v) is 16.3. The van der Waals surface area contributed by atoms with Gasteiger partial charge in [0.25, 0.3) is 5.91 Å². The van der Waals surface area contributed by atoms with Crippen molar-refractivity contribution in [1.29, 1.82) is 0 Å². The number of nitrogens with zero attached hydrogens (tertiary/aromatic N) is 2. The largest absolute Gasteiger partial charge is 0.476 e. The Hall–Kier alpha value is -2.28. The zero-order chi connectivity index (χ0) is 19.8. The van der Waals surface area contributed by atoms with Crippen molar-refractivity contribution in [3.05, 3.63) is 23.2 Å². The molecule has 3 amide bonds. The number of fused-ring (bicyclic) bond motifs is 1. The van der Waals surface area contributed by atoms with Crippen LogP contribution in [0, 0.1) is 5.92 Å². The molecule has 0 saturated carbocycles. The van der Waals surface area contributed by atoms with E-state index in [0.717, 1.165) is 0 Å². The van der Waals surface area contributed by atoms with Gasteiger partial charge >= 0.3 is 0 Å². The highest BCUT2D eigenvalue weighted by molar-refractivity contribution is 6.31. The van der Waals surface area contributed by atoms with Crippen molar-refractivity contribution in [3.8, 4) is 5.75 Å². The number of carbonyl (C=O) groups excluding carboxylic acids is 3. The summed E-state index contributed by atoms with van der Waals surface area (Å²) in [5, 5.41) is 0.495. The van der Waals surface area contributed by atoms with E-state index in [1.807, 2.05) is 0 Å². The summed E-state index contributed by atoms with van der Waals surface area (Å²) in [6.45, 7) is 4.68. The van der Waals surface area contributed by atoms with Gasteiger partial charge in [-0.3, -0.25) is 14.4 Å². The summed E-state index contributed by atoms with van der Waals surface area (Å²) in [4.78, 5) is 39.9. The molecular weight excluding hydrogens is 370 g/mol. The average molecular weight is 394 g/mol. The average Bonchev–Trinajstić information content (AvgIpc) is 2.62. The topological polar surface area (TPSA) is 92.9 Å². The molecule has 0 radical (unpaired) electrons. The van der Waals surface area contributed by atoms with E-state index in [1.54, 1.807) is 41.8 Å². The van der Waals surface area contributed by atoms with Gasteiger partial charge in [0.15, 0.2) is 5.60 Å². The molecule has 8 heteroatoms. The molecule has 0 aliphatic carbocycles. The number of ether oxygens (including phenoxy) is 1. The Bertz CT molecular complexity index is 772. The van der Waals surface area contributed by atoms with Gasteiger partial charge in [-0.2, -0.15) is 0 Å². The second-order valence-corrected chi connectivity index (χ2v) is 7.93. The van der Waals surface area contributed by atoms with Gasteiger partial charge in [0.2, 0.25) is 11.8 Å². The molecule has 146 valence electrons. The number of hydrogen-bond acceptors (Lipinski definition) is 4. The first-order valence-electron chi connectivity index (χ1n) is 9.06. The fourth-order valence-electron chi connectivity index (χ4n) is 3.54. The van der Waals surface area contributed by atoms with E-state index in [-0.39, 0.29) is 36.6 Å². The summed E-state index contributed by atoms with van der Waals surface area (Å²) in [7, 11) is 0. The van der Waals surface area contributed by atoms with Crippen molar-refractivity contribution in [2.24, 2.45) is 11.7 Å². The molecule has 0 bridgehead atoms. The van der Waals surface area contributed by atoms with Gasteiger partial charge in [0.05, 0.1) is 5.69 Å². The van der Waals surface area contributed by atoms with Crippen LogP contribution in [0.15, 0.2) is 18.2 Å². The van der Waals surface area contributed by atoms with Crippen molar-refractivity contribution in [2.45, 2.75) is 38.7 Å². The van der Waals surface area contributed by atoms with Crippen molar-refractivity contribution in [1.82, 2.24) is 4.90 Å². The second-order valence-electron chi connectivity index (χ2n) is 7.49. The Morgan fingerprint density at radius 3 is 2.59 bits per heavy atom. The smallest absolute Gasteiger partial charge is 0.270 e. The standard InChI is InChI=1S/C19H24ClN3O4/c1-19(2)18(26)23(14-11-13(20)3-4-15(14)27-19)10-7-16(24)22-8-5-12(6-9-22)17(21)25/h3-4,11-12H,5-10H2,1-2H3,(H2,21,25). The lowest BCUT2D eigenvalue weighted by Gasteiger charge is -2.39. The molecule has 2 heterocycles. The summed E-state index contributed by atoms with van der Waals surface area (Å²) in [6.07, 6.45) is 1.36. The van der Waals surface area contributed by atoms with E-state index in [2.05, 4.69) is 0 Å². The maximum Gasteiger partial charge on any atom is 0.270 e. The van der Waals surface area contributed by atoms with Crippen molar-refractivity contribution < 1.29 is 19.1 Å². The van der Waals surface area contributed by atoms with E-state index in [0.29, 0.717) is 42.4 Å². The molecule has 1 aromatic carbocycles. The maximum atomic E-state index is 12.8. The number of benzene rings is 1. The number of piperidine rings is 1. The number of hydrogen-bond donors (Lipinski definition) is 1.